The molecule has 0 aromatic heterocycles. The number of hydrogen-bond donors (Lipinski definition) is 2. The maximum Gasteiger partial charge on any atom is 0.170 e. The highest BCUT2D eigenvalue weighted by atomic mass is 19.1. The maximum absolute atomic E-state index is 13.4. The molecule has 0 bridgehead atoms. The van der Waals surface area contributed by atoms with E-state index in [0.717, 1.165) is 12.1 Å². The average molecular weight is 278 g/mol. The van der Waals surface area contributed by atoms with Gasteiger partial charge in [-0.2, -0.15) is 0 Å². The second-order valence-electron chi connectivity index (χ2n) is 4.04. The molecule has 0 aliphatic carbocycles. The predicted octanol–water partition coefficient (Wildman–Crippen LogP) is 2.64. The number of benzene rings is 2. The molecule has 0 saturated heterocycles. The van der Waals surface area contributed by atoms with Crippen LogP contribution in [0.2, 0.25) is 0 Å². The first-order valence-electron chi connectivity index (χ1n) is 5.75. The zero-order valence-electron chi connectivity index (χ0n) is 10.4. The Morgan fingerprint density at radius 1 is 1.20 bits per heavy atom. The second-order valence-corrected chi connectivity index (χ2v) is 4.04. The third kappa shape index (κ3) is 3.23. The number of ether oxygens (including phenoxy) is 1. The van der Waals surface area contributed by atoms with E-state index in [9.17, 15) is 8.78 Å². The van der Waals surface area contributed by atoms with E-state index in [4.69, 9.17) is 15.7 Å². The van der Waals surface area contributed by atoms with E-state index < -0.39 is 11.6 Å². The van der Waals surface area contributed by atoms with Crippen LogP contribution in [-0.4, -0.2) is 11.0 Å². The van der Waals surface area contributed by atoms with Crippen molar-refractivity contribution in [3.63, 3.8) is 0 Å². The number of oxime groups is 1. The van der Waals surface area contributed by atoms with Gasteiger partial charge in [0.2, 0.25) is 0 Å². The Morgan fingerprint density at radius 2 is 2.00 bits per heavy atom. The molecule has 0 spiro atoms. The molecule has 2 aromatic carbocycles. The summed E-state index contributed by atoms with van der Waals surface area (Å²) in [6.07, 6.45) is 0. The van der Waals surface area contributed by atoms with Gasteiger partial charge < -0.3 is 15.7 Å². The van der Waals surface area contributed by atoms with Crippen molar-refractivity contribution in [3.05, 3.63) is 65.2 Å². The van der Waals surface area contributed by atoms with Gasteiger partial charge in [0.05, 0.1) is 0 Å². The standard InChI is InChI=1S/C14H12F2N2O2/c15-11-5-4-10(13(16)7-11)8-20-12-3-1-2-9(6-12)14(17)18-19/h1-7,19H,8H2,(H2,17,18). The number of amidine groups is 1. The van der Waals surface area contributed by atoms with Crippen LogP contribution in [0.4, 0.5) is 8.78 Å². The number of rotatable bonds is 4. The molecular weight excluding hydrogens is 266 g/mol. The summed E-state index contributed by atoms with van der Waals surface area (Å²) >= 11 is 0. The minimum absolute atomic E-state index is 0.0499. The van der Waals surface area contributed by atoms with Crippen LogP contribution < -0.4 is 10.5 Å². The van der Waals surface area contributed by atoms with Gasteiger partial charge in [0.1, 0.15) is 24.0 Å². The molecular formula is C14H12F2N2O2. The van der Waals surface area contributed by atoms with Crippen molar-refractivity contribution >= 4 is 5.84 Å². The zero-order chi connectivity index (χ0) is 14.5. The van der Waals surface area contributed by atoms with Crippen molar-refractivity contribution < 1.29 is 18.7 Å². The van der Waals surface area contributed by atoms with Crippen molar-refractivity contribution in [1.29, 1.82) is 0 Å². The van der Waals surface area contributed by atoms with E-state index in [-0.39, 0.29) is 18.0 Å². The van der Waals surface area contributed by atoms with Crippen molar-refractivity contribution in [1.82, 2.24) is 0 Å². The maximum atomic E-state index is 13.4. The van der Waals surface area contributed by atoms with E-state index in [1.54, 1.807) is 24.3 Å². The van der Waals surface area contributed by atoms with Crippen LogP contribution >= 0.6 is 0 Å². The quantitative estimate of drug-likeness (QED) is 0.391. The fourth-order valence-electron chi connectivity index (χ4n) is 1.60. The van der Waals surface area contributed by atoms with Gasteiger partial charge in [-0.3, -0.25) is 0 Å². The summed E-state index contributed by atoms with van der Waals surface area (Å²) in [6, 6.07) is 9.77. The Balaban J connectivity index is 2.11. The number of nitrogens with zero attached hydrogens (tertiary/aromatic N) is 1. The molecule has 0 heterocycles. The lowest BCUT2D eigenvalue weighted by Gasteiger charge is -2.08. The molecule has 0 fully saturated rings. The molecule has 20 heavy (non-hydrogen) atoms. The lowest BCUT2D eigenvalue weighted by atomic mass is 10.2. The minimum atomic E-state index is -0.669. The topological polar surface area (TPSA) is 67.8 Å². The summed E-state index contributed by atoms with van der Waals surface area (Å²) in [7, 11) is 0. The average Bonchev–Trinajstić information content (AvgIpc) is 2.46. The van der Waals surface area contributed by atoms with E-state index in [2.05, 4.69) is 5.16 Å². The number of nitrogens with two attached hydrogens (primary N) is 1. The fraction of sp³-hybridized carbons (Fsp3) is 0.0714. The lowest BCUT2D eigenvalue weighted by molar-refractivity contribution is 0.299. The Hall–Kier alpha value is -2.63. The van der Waals surface area contributed by atoms with Gasteiger partial charge in [-0.15, -0.1) is 0 Å². The molecule has 0 amide bonds. The molecule has 6 heteroatoms. The molecule has 4 nitrogen and oxygen atoms in total. The lowest BCUT2D eigenvalue weighted by Crippen LogP contribution is -2.13. The van der Waals surface area contributed by atoms with E-state index >= 15 is 0 Å². The first-order chi connectivity index (χ1) is 9.60. The van der Waals surface area contributed by atoms with E-state index in [1.807, 2.05) is 0 Å². The summed E-state index contributed by atoms with van der Waals surface area (Å²) in [5, 5.41) is 11.5. The van der Waals surface area contributed by atoms with Gasteiger partial charge >= 0.3 is 0 Å². The molecule has 2 rings (SSSR count). The van der Waals surface area contributed by atoms with Gasteiger partial charge in [0.15, 0.2) is 5.84 Å². The molecule has 0 unspecified atom stereocenters. The largest absolute Gasteiger partial charge is 0.489 e. The van der Waals surface area contributed by atoms with Crippen LogP contribution in [0, 0.1) is 11.6 Å². The normalized spacial score (nSPS) is 11.4. The van der Waals surface area contributed by atoms with Gasteiger partial charge in [-0.05, 0) is 24.3 Å². The van der Waals surface area contributed by atoms with E-state index in [1.165, 1.54) is 6.07 Å². The van der Waals surface area contributed by atoms with Gasteiger partial charge in [-0.25, -0.2) is 8.78 Å². The zero-order valence-corrected chi connectivity index (χ0v) is 10.4. The molecule has 0 radical (unpaired) electrons. The molecule has 2 aromatic rings. The Morgan fingerprint density at radius 3 is 2.70 bits per heavy atom. The summed E-state index contributed by atoms with van der Waals surface area (Å²) in [4.78, 5) is 0. The minimum Gasteiger partial charge on any atom is -0.489 e. The van der Waals surface area contributed by atoms with E-state index in [0.29, 0.717) is 11.3 Å². The van der Waals surface area contributed by atoms with Crippen LogP contribution in [-0.2, 0) is 6.61 Å². The van der Waals surface area contributed by atoms with Crippen molar-refractivity contribution in [2.75, 3.05) is 0 Å². The summed E-state index contributed by atoms with van der Waals surface area (Å²) < 4.78 is 31.6. The molecule has 0 saturated carbocycles. The van der Waals surface area contributed by atoms with Crippen LogP contribution in [0.3, 0.4) is 0 Å². The SMILES string of the molecule is NC(=NO)c1cccc(OCc2ccc(F)cc2F)c1. The molecule has 0 aliphatic heterocycles. The van der Waals surface area contributed by atoms with Crippen LogP contribution in [0.5, 0.6) is 5.75 Å². The molecule has 104 valence electrons. The van der Waals surface area contributed by atoms with Crippen molar-refractivity contribution in [2.45, 2.75) is 6.61 Å². The summed E-state index contributed by atoms with van der Waals surface area (Å²) in [5.41, 5.74) is 6.17. The van der Waals surface area contributed by atoms with Crippen LogP contribution in [0.25, 0.3) is 0 Å². The fourth-order valence-corrected chi connectivity index (χ4v) is 1.60. The van der Waals surface area contributed by atoms with Gasteiger partial charge in [-0.1, -0.05) is 17.3 Å². The highest BCUT2D eigenvalue weighted by molar-refractivity contribution is 5.97. The van der Waals surface area contributed by atoms with Crippen molar-refractivity contribution in [2.24, 2.45) is 10.9 Å². The summed E-state index contributed by atoms with van der Waals surface area (Å²) in [5.74, 6) is -0.931. The third-order valence-electron chi connectivity index (χ3n) is 2.65. The van der Waals surface area contributed by atoms with Crippen molar-refractivity contribution in [3.8, 4) is 5.75 Å². The van der Waals surface area contributed by atoms with Gasteiger partial charge in [0, 0.05) is 17.2 Å². The third-order valence-corrected chi connectivity index (χ3v) is 2.65. The highest BCUT2D eigenvalue weighted by Gasteiger charge is 2.06. The number of hydrogen-bond acceptors (Lipinski definition) is 3. The van der Waals surface area contributed by atoms with Crippen LogP contribution in [0.1, 0.15) is 11.1 Å². The Bertz CT molecular complexity index is 645. The molecule has 0 aliphatic rings. The molecule has 0 atom stereocenters. The predicted molar refractivity (Wildman–Crippen MR) is 69.6 cm³/mol. The highest BCUT2D eigenvalue weighted by Crippen LogP contribution is 2.17. The monoisotopic (exact) mass is 278 g/mol. The first kappa shape index (κ1) is 13.8. The number of halogens is 2. The first-order valence-corrected chi connectivity index (χ1v) is 5.75. The summed E-state index contributed by atoms with van der Waals surface area (Å²) in [6.45, 7) is -0.0499. The van der Waals surface area contributed by atoms with Crippen LogP contribution in [0.15, 0.2) is 47.6 Å². The molecule has 3 N–H and O–H groups in total. The Labute approximate surface area is 114 Å². The van der Waals surface area contributed by atoms with Gasteiger partial charge in [0.25, 0.3) is 0 Å². The second kappa shape index (κ2) is 6.01. The Kier molecular flexibility index (Phi) is 4.14. The smallest absolute Gasteiger partial charge is 0.170 e.